The van der Waals surface area contributed by atoms with E-state index in [9.17, 15) is 4.79 Å². The number of nitrogens with one attached hydrogen (secondary N) is 1. The minimum Gasteiger partial charge on any atom is -0.344 e. The third-order valence-electron chi connectivity index (χ3n) is 4.73. The van der Waals surface area contributed by atoms with Gasteiger partial charge in [0.25, 0.3) is 5.91 Å². The molecule has 0 radical (unpaired) electrons. The summed E-state index contributed by atoms with van der Waals surface area (Å²) in [6.07, 6.45) is 11.7. The number of aromatic nitrogens is 5. The molecule has 0 saturated carbocycles. The molecule has 0 saturated heterocycles. The highest BCUT2D eigenvalue weighted by Gasteiger charge is 2.25. The number of amides is 1. The van der Waals surface area contributed by atoms with E-state index in [-0.39, 0.29) is 11.9 Å². The molecule has 0 spiro atoms. The van der Waals surface area contributed by atoms with Crippen molar-refractivity contribution in [1.82, 2.24) is 29.7 Å². The Morgan fingerprint density at radius 3 is 3.11 bits per heavy atom. The van der Waals surface area contributed by atoms with E-state index in [1.54, 1.807) is 18.6 Å². The Morgan fingerprint density at radius 1 is 1.30 bits per heavy atom. The Bertz CT molecular complexity index is 1090. The van der Waals surface area contributed by atoms with Crippen molar-refractivity contribution >= 4 is 22.2 Å². The average Bonchev–Trinajstić information content (AvgIpc) is 3.31. The van der Waals surface area contributed by atoms with Gasteiger partial charge in [0.05, 0.1) is 6.04 Å². The van der Waals surface area contributed by atoms with Crippen molar-refractivity contribution in [3.63, 3.8) is 0 Å². The van der Waals surface area contributed by atoms with Crippen LogP contribution < -0.4 is 5.32 Å². The van der Waals surface area contributed by atoms with E-state index in [2.05, 4.69) is 20.3 Å². The van der Waals surface area contributed by atoms with Gasteiger partial charge in [-0.1, -0.05) is 0 Å². The molecule has 134 valence electrons. The maximum atomic E-state index is 12.6. The molecule has 27 heavy (non-hydrogen) atoms. The Balaban J connectivity index is 1.40. The molecule has 5 rings (SSSR count). The SMILES string of the molecule is O=C(N[C@@H]1CCCc2nc(-c3cccnc3)ncc21)c1cn2ccsc2n1. The van der Waals surface area contributed by atoms with Crippen molar-refractivity contribution in [2.75, 3.05) is 0 Å². The van der Waals surface area contributed by atoms with Crippen LogP contribution in [-0.2, 0) is 6.42 Å². The Hall–Kier alpha value is -3.13. The summed E-state index contributed by atoms with van der Waals surface area (Å²) in [5.74, 6) is 0.503. The summed E-state index contributed by atoms with van der Waals surface area (Å²) < 4.78 is 1.86. The first kappa shape index (κ1) is 16.1. The number of imidazole rings is 1. The van der Waals surface area contributed by atoms with Crippen LogP contribution in [-0.4, -0.2) is 30.2 Å². The lowest BCUT2D eigenvalue weighted by Gasteiger charge is -2.25. The molecule has 0 aliphatic heterocycles. The number of carbonyl (C=O) groups excluding carboxylic acids is 1. The summed E-state index contributed by atoms with van der Waals surface area (Å²) in [6.45, 7) is 0. The zero-order valence-electron chi connectivity index (χ0n) is 14.4. The van der Waals surface area contributed by atoms with Gasteiger partial charge in [0.15, 0.2) is 10.8 Å². The predicted octanol–water partition coefficient (Wildman–Crippen LogP) is 3.06. The van der Waals surface area contributed by atoms with E-state index in [4.69, 9.17) is 4.98 Å². The zero-order chi connectivity index (χ0) is 18.2. The van der Waals surface area contributed by atoms with Crippen LogP contribution in [0.25, 0.3) is 16.3 Å². The molecule has 0 fully saturated rings. The van der Waals surface area contributed by atoms with Gasteiger partial charge in [0, 0.05) is 53.2 Å². The van der Waals surface area contributed by atoms with Crippen LogP contribution in [0.5, 0.6) is 0 Å². The van der Waals surface area contributed by atoms with E-state index in [1.807, 2.05) is 34.3 Å². The first-order chi connectivity index (χ1) is 13.3. The first-order valence-electron chi connectivity index (χ1n) is 8.77. The molecule has 0 unspecified atom stereocenters. The second kappa shape index (κ2) is 6.55. The number of thiazole rings is 1. The Kier molecular flexibility index (Phi) is 3.90. The van der Waals surface area contributed by atoms with Gasteiger partial charge in [-0.15, -0.1) is 11.3 Å². The van der Waals surface area contributed by atoms with Crippen LogP contribution in [0.4, 0.5) is 0 Å². The fraction of sp³-hybridized carbons (Fsp3) is 0.211. The van der Waals surface area contributed by atoms with Crippen molar-refractivity contribution in [2.45, 2.75) is 25.3 Å². The number of carbonyl (C=O) groups is 1. The molecule has 1 aliphatic rings. The number of pyridine rings is 1. The van der Waals surface area contributed by atoms with E-state index in [0.29, 0.717) is 11.5 Å². The van der Waals surface area contributed by atoms with Crippen molar-refractivity contribution in [2.24, 2.45) is 0 Å². The topological polar surface area (TPSA) is 85.1 Å². The van der Waals surface area contributed by atoms with E-state index in [0.717, 1.165) is 41.0 Å². The molecule has 1 N–H and O–H groups in total. The third-order valence-corrected chi connectivity index (χ3v) is 5.50. The molecule has 8 heteroatoms. The summed E-state index contributed by atoms with van der Waals surface area (Å²) >= 11 is 1.51. The molecular weight excluding hydrogens is 360 g/mol. The molecule has 4 heterocycles. The van der Waals surface area contributed by atoms with Crippen LogP contribution in [0.15, 0.2) is 48.5 Å². The third kappa shape index (κ3) is 2.97. The average molecular weight is 376 g/mol. The monoisotopic (exact) mass is 376 g/mol. The lowest BCUT2D eigenvalue weighted by molar-refractivity contribution is 0.0928. The molecule has 4 aromatic rings. The number of nitrogens with zero attached hydrogens (tertiary/aromatic N) is 5. The number of fused-ring (bicyclic) bond motifs is 2. The summed E-state index contributed by atoms with van der Waals surface area (Å²) in [6, 6.07) is 3.72. The van der Waals surface area contributed by atoms with Gasteiger partial charge in [0.2, 0.25) is 0 Å². The summed E-state index contributed by atoms with van der Waals surface area (Å²) in [5.41, 5.74) is 3.31. The van der Waals surface area contributed by atoms with Gasteiger partial charge >= 0.3 is 0 Å². The van der Waals surface area contributed by atoms with Gasteiger partial charge in [-0.05, 0) is 31.4 Å². The van der Waals surface area contributed by atoms with Gasteiger partial charge in [-0.3, -0.25) is 14.2 Å². The molecule has 1 atom stereocenters. The Morgan fingerprint density at radius 2 is 2.26 bits per heavy atom. The van der Waals surface area contributed by atoms with Gasteiger partial charge in [0.1, 0.15) is 5.69 Å². The first-order valence-corrected chi connectivity index (χ1v) is 9.65. The normalized spacial score (nSPS) is 16.2. The van der Waals surface area contributed by atoms with E-state index in [1.165, 1.54) is 11.3 Å². The minimum absolute atomic E-state index is 0.0936. The van der Waals surface area contributed by atoms with Crippen molar-refractivity contribution in [1.29, 1.82) is 0 Å². The van der Waals surface area contributed by atoms with Gasteiger partial charge in [-0.25, -0.2) is 15.0 Å². The zero-order valence-corrected chi connectivity index (χ0v) is 15.2. The summed E-state index contributed by atoms with van der Waals surface area (Å²) in [7, 11) is 0. The maximum Gasteiger partial charge on any atom is 0.272 e. The molecule has 7 nitrogen and oxygen atoms in total. The van der Waals surface area contributed by atoms with Crippen molar-refractivity contribution < 1.29 is 4.79 Å². The summed E-state index contributed by atoms with van der Waals surface area (Å²) in [5, 5.41) is 5.04. The standard InChI is InChI=1S/C19H16N6OS/c26-18(16-11-25-7-8-27-19(25)24-16)23-15-5-1-4-14-13(15)10-21-17(22-14)12-3-2-6-20-9-12/h2-3,6-11,15H,1,4-5H2,(H,23,26)/t15-/m1/s1. The minimum atomic E-state index is -0.167. The number of rotatable bonds is 3. The number of hydrogen-bond acceptors (Lipinski definition) is 6. The van der Waals surface area contributed by atoms with Crippen molar-refractivity contribution in [3.05, 3.63) is 65.4 Å². The van der Waals surface area contributed by atoms with E-state index < -0.39 is 0 Å². The van der Waals surface area contributed by atoms with E-state index >= 15 is 0 Å². The fourth-order valence-electron chi connectivity index (χ4n) is 3.40. The Labute approximate surface area is 159 Å². The van der Waals surface area contributed by atoms with Crippen LogP contribution in [0.3, 0.4) is 0 Å². The van der Waals surface area contributed by atoms with Gasteiger partial charge in [-0.2, -0.15) is 0 Å². The smallest absolute Gasteiger partial charge is 0.272 e. The van der Waals surface area contributed by atoms with Gasteiger partial charge < -0.3 is 5.32 Å². The molecule has 4 aromatic heterocycles. The highest BCUT2D eigenvalue weighted by Crippen LogP contribution is 2.29. The van der Waals surface area contributed by atoms with Crippen LogP contribution in [0, 0.1) is 0 Å². The number of hydrogen-bond donors (Lipinski definition) is 1. The second-order valence-electron chi connectivity index (χ2n) is 6.47. The molecule has 0 aromatic carbocycles. The molecule has 0 bridgehead atoms. The maximum absolute atomic E-state index is 12.6. The van der Waals surface area contributed by atoms with Crippen LogP contribution in [0.2, 0.25) is 0 Å². The van der Waals surface area contributed by atoms with Crippen LogP contribution >= 0.6 is 11.3 Å². The highest BCUT2D eigenvalue weighted by molar-refractivity contribution is 7.15. The predicted molar refractivity (Wildman–Crippen MR) is 101 cm³/mol. The molecule has 1 aliphatic carbocycles. The lowest BCUT2D eigenvalue weighted by Crippen LogP contribution is -2.31. The van der Waals surface area contributed by atoms with Crippen molar-refractivity contribution in [3.8, 4) is 11.4 Å². The largest absolute Gasteiger partial charge is 0.344 e. The fourth-order valence-corrected chi connectivity index (χ4v) is 4.10. The second-order valence-corrected chi connectivity index (χ2v) is 7.35. The quantitative estimate of drug-likeness (QED) is 0.594. The molecular formula is C19H16N6OS. The highest BCUT2D eigenvalue weighted by atomic mass is 32.1. The molecule has 1 amide bonds. The lowest BCUT2D eigenvalue weighted by atomic mass is 9.92. The number of aryl methyl sites for hydroxylation is 1. The summed E-state index contributed by atoms with van der Waals surface area (Å²) in [4.78, 5) is 31.2. The van der Waals surface area contributed by atoms with Crippen LogP contribution in [0.1, 0.15) is 40.6 Å².